The summed E-state index contributed by atoms with van der Waals surface area (Å²) >= 11 is 0. The molecule has 1 unspecified atom stereocenters. The summed E-state index contributed by atoms with van der Waals surface area (Å²) in [6, 6.07) is 0. The summed E-state index contributed by atoms with van der Waals surface area (Å²) in [7, 11) is 0. The number of rotatable bonds is 7. The maximum Gasteiger partial charge on any atom is 0.334 e. The molecule has 1 saturated heterocycles. The van der Waals surface area contributed by atoms with Crippen molar-refractivity contribution in [1.82, 2.24) is 0 Å². The van der Waals surface area contributed by atoms with Crippen LogP contribution in [0.2, 0.25) is 0 Å². The largest absolute Gasteiger partial charge is 0.459 e. The molecule has 0 bridgehead atoms. The van der Waals surface area contributed by atoms with Gasteiger partial charge in [0.25, 0.3) is 0 Å². The third-order valence-electron chi connectivity index (χ3n) is 3.03. The molecule has 0 amide bonds. The van der Waals surface area contributed by atoms with E-state index in [1.165, 1.54) is 38.5 Å². The first-order valence-corrected chi connectivity index (χ1v) is 6.64. The van der Waals surface area contributed by atoms with Crippen molar-refractivity contribution in [2.45, 2.75) is 71.3 Å². The van der Waals surface area contributed by atoms with Crippen LogP contribution in [0.1, 0.15) is 65.2 Å². The highest BCUT2D eigenvalue weighted by molar-refractivity contribution is 5.90. The minimum absolute atomic E-state index is 0.0864. The Balaban J connectivity index is 2.06. The summed E-state index contributed by atoms with van der Waals surface area (Å²) in [5.74, 6) is -0.0986. The van der Waals surface area contributed by atoms with E-state index in [1.54, 1.807) is 0 Å². The van der Waals surface area contributed by atoms with E-state index < -0.39 is 0 Å². The van der Waals surface area contributed by atoms with Crippen LogP contribution in [0, 0.1) is 0 Å². The molecule has 0 radical (unpaired) electrons. The highest BCUT2D eigenvalue weighted by atomic mass is 16.5. The molecule has 0 aromatic heterocycles. The van der Waals surface area contributed by atoms with Crippen LogP contribution in [0.15, 0.2) is 11.6 Å². The van der Waals surface area contributed by atoms with Crippen LogP contribution in [-0.4, -0.2) is 12.1 Å². The van der Waals surface area contributed by atoms with Gasteiger partial charge in [0.1, 0.15) is 6.10 Å². The monoisotopic (exact) mass is 224 g/mol. The van der Waals surface area contributed by atoms with Crippen molar-refractivity contribution in [3.8, 4) is 0 Å². The first kappa shape index (κ1) is 13.3. The number of cyclic esters (lactones) is 1. The fourth-order valence-corrected chi connectivity index (χ4v) is 2.06. The summed E-state index contributed by atoms with van der Waals surface area (Å²) in [4.78, 5) is 11.3. The Labute approximate surface area is 99.1 Å². The minimum atomic E-state index is -0.0986. The van der Waals surface area contributed by atoms with Crippen LogP contribution >= 0.6 is 0 Å². The molecule has 1 aliphatic heterocycles. The second kappa shape index (κ2) is 7.48. The van der Waals surface area contributed by atoms with Crippen molar-refractivity contribution < 1.29 is 9.53 Å². The van der Waals surface area contributed by atoms with E-state index in [1.807, 2.05) is 6.92 Å². The quantitative estimate of drug-likeness (QED) is 0.371. The zero-order chi connectivity index (χ0) is 11.8. The number of allylic oxidation sites excluding steroid dienone is 1. The Bertz CT molecular complexity index is 243. The summed E-state index contributed by atoms with van der Waals surface area (Å²) in [5, 5.41) is 0. The van der Waals surface area contributed by atoms with Gasteiger partial charge < -0.3 is 4.74 Å². The van der Waals surface area contributed by atoms with Gasteiger partial charge in [-0.3, -0.25) is 0 Å². The fourth-order valence-electron chi connectivity index (χ4n) is 2.06. The number of hydrogen-bond donors (Lipinski definition) is 0. The average molecular weight is 224 g/mol. The van der Waals surface area contributed by atoms with E-state index in [-0.39, 0.29) is 12.1 Å². The van der Waals surface area contributed by atoms with Crippen LogP contribution < -0.4 is 0 Å². The maximum atomic E-state index is 11.3. The lowest BCUT2D eigenvalue weighted by atomic mass is 10.1. The Morgan fingerprint density at radius 3 is 2.56 bits per heavy atom. The third kappa shape index (κ3) is 4.82. The van der Waals surface area contributed by atoms with Crippen molar-refractivity contribution >= 4 is 5.97 Å². The molecular weight excluding hydrogens is 200 g/mol. The normalized spacial score (nSPS) is 22.8. The number of esters is 1. The van der Waals surface area contributed by atoms with Gasteiger partial charge in [-0.1, -0.05) is 45.1 Å². The molecule has 0 spiro atoms. The van der Waals surface area contributed by atoms with Crippen molar-refractivity contribution in [1.29, 1.82) is 0 Å². The standard InChI is InChI=1S/C14H24O2/c1-3-4-5-6-7-8-9-10-13-11-12(2)16-14(13)15/h10,12H,3-9,11H2,1-2H3/b13-10+. The van der Waals surface area contributed by atoms with Crippen LogP contribution in [0.5, 0.6) is 0 Å². The Kier molecular flexibility index (Phi) is 6.20. The van der Waals surface area contributed by atoms with Crippen LogP contribution in [-0.2, 0) is 9.53 Å². The van der Waals surface area contributed by atoms with Crippen molar-refractivity contribution in [2.24, 2.45) is 0 Å². The van der Waals surface area contributed by atoms with Gasteiger partial charge in [0, 0.05) is 12.0 Å². The smallest absolute Gasteiger partial charge is 0.334 e. The first-order chi connectivity index (χ1) is 7.74. The number of carbonyl (C=O) groups excluding carboxylic acids is 1. The Morgan fingerprint density at radius 1 is 1.25 bits per heavy atom. The van der Waals surface area contributed by atoms with Crippen LogP contribution in [0.4, 0.5) is 0 Å². The molecule has 1 rings (SSSR count). The van der Waals surface area contributed by atoms with E-state index >= 15 is 0 Å². The number of hydrogen-bond acceptors (Lipinski definition) is 2. The van der Waals surface area contributed by atoms with Gasteiger partial charge in [-0.2, -0.15) is 0 Å². The molecular formula is C14H24O2. The van der Waals surface area contributed by atoms with Gasteiger partial charge in [0.2, 0.25) is 0 Å². The average Bonchev–Trinajstić information content (AvgIpc) is 2.56. The lowest BCUT2D eigenvalue weighted by Gasteiger charge is -1.98. The molecule has 0 aliphatic carbocycles. The van der Waals surface area contributed by atoms with Crippen molar-refractivity contribution in [3.05, 3.63) is 11.6 Å². The summed E-state index contributed by atoms with van der Waals surface area (Å²) in [6.07, 6.45) is 11.8. The molecule has 0 N–H and O–H groups in total. The van der Waals surface area contributed by atoms with Gasteiger partial charge in [0.05, 0.1) is 0 Å². The maximum absolute atomic E-state index is 11.3. The van der Waals surface area contributed by atoms with Gasteiger partial charge in [-0.25, -0.2) is 4.79 Å². The molecule has 1 heterocycles. The second-order valence-corrected chi connectivity index (χ2v) is 4.71. The van der Waals surface area contributed by atoms with Gasteiger partial charge in [0.15, 0.2) is 0 Å². The minimum Gasteiger partial charge on any atom is -0.459 e. The predicted molar refractivity (Wildman–Crippen MR) is 66.2 cm³/mol. The summed E-state index contributed by atoms with van der Waals surface area (Å²) in [6.45, 7) is 4.18. The lowest BCUT2D eigenvalue weighted by molar-refractivity contribution is -0.138. The van der Waals surface area contributed by atoms with E-state index in [9.17, 15) is 4.79 Å². The predicted octanol–water partition coefficient (Wildman–Crippen LogP) is 4.00. The molecule has 2 nitrogen and oxygen atoms in total. The highest BCUT2D eigenvalue weighted by Crippen LogP contribution is 2.20. The highest BCUT2D eigenvalue weighted by Gasteiger charge is 2.24. The number of unbranched alkanes of at least 4 members (excludes halogenated alkanes) is 6. The molecule has 1 aliphatic rings. The lowest BCUT2D eigenvalue weighted by Crippen LogP contribution is -1.99. The number of ether oxygens (including phenoxy) is 1. The third-order valence-corrected chi connectivity index (χ3v) is 3.03. The second-order valence-electron chi connectivity index (χ2n) is 4.71. The molecule has 0 aromatic rings. The Hall–Kier alpha value is -0.790. The summed E-state index contributed by atoms with van der Waals surface area (Å²) in [5.41, 5.74) is 0.890. The molecule has 0 saturated carbocycles. The molecule has 92 valence electrons. The zero-order valence-electron chi connectivity index (χ0n) is 10.6. The molecule has 0 aromatic carbocycles. The van der Waals surface area contributed by atoms with Crippen molar-refractivity contribution in [3.63, 3.8) is 0 Å². The van der Waals surface area contributed by atoms with E-state index in [2.05, 4.69) is 13.0 Å². The molecule has 1 atom stereocenters. The van der Waals surface area contributed by atoms with Gasteiger partial charge in [-0.05, 0) is 19.8 Å². The summed E-state index contributed by atoms with van der Waals surface area (Å²) < 4.78 is 5.08. The molecule has 16 heavy (non-hydrogen) atoms. The van der Waals surface area contributed by atoms with E-state index in [0.29, 0.717) is 0 Å². The van der Waals surface area contributed by atoms with E-state index in [4.69, 9.17) is 4.74 Å². The zero-order valence-corrected chi connectivity index (χ0v) is 10.6. The topological polar surface area (TPSA) is 26.3 Å². The molecule has 2 heteroatoms. The number of carbonyl (C=O) groups is 1. The van der Waals surface area contributed by atoms with Crippen LogP contribution in [0.25, 0.3) is 0 Å². The molecule has 1 fully saturated rings. The Morgan fingerprint density at radius 2 is 1.94 bits per heavy atom. The fraction of sp³-hybridized carbons (Fsp3) is 0.786. The first-order valence-electron chi connectivity index (χ1n) is 6.64. The SMILES string of the molecule is CCCCCCCC/C=C1\CC(C)OC1=O. The van der Waals surface area contributed by atoms with E-state index in [0.717, 1.165) is 18.4 Å². The van der Waals surface area contributed by atoms with Crippen molar-refractivity contribution in [2.75, 3.05) is 0 Å². The van der Waals surface area contributed by atoms with Gasteiger partial charge in [-0.15, -0.1) is 0 Å². The van der Waals surface area contributed by atoms with Crippen LogP contribution in [0.3, 0.4) is 0 Å². The van der Waals surface area contributed by atoms with Gasteiger partial charge >= 0.3 is 5.97 Å².